The van der Waals surface area contributed by atoms with Gasteiger partial charge >= 0.3 is 0 Å². The molecular weight excluding hydrogens is 312 g/mol. The van der Waals surface area contributed by atoms with Crippen LogP contribution < -0.4 is 16.0 Å². The molecule has 118 valence electrons. The van der Waals surface area contributed by atoms with Gasteiger partial charge in [0.2, 0.25) is 0 Å². The summed E-state index contributed by atoms with van der Waals surface area (Å²) in [5.74, 6) is -0.115. The minimum atomic E-state index is -0.428. The smallest absolute Gasteiger partial charge is 0.253 e. The minimum Gasteiger partial charge on any atom is -0.361 e. The van der Waals surface area contributed by atoms with Crippen molar-refractivity contribution in [1.82, 2.24) is 14.8 Å². The number of nitrogens with one attached hydrogen (secondary N) is 1. The third-order valence-electron chi connectivity index (χ3n) is 4.37. The number of rotatable bonds is 1. The van der Waals surface area contributed by atoms with Gasteiger partial charge in [0, 0.05) is 30.4 Å². The number of fused-ring (bicyclic) bond motifs is 2. The van der Waals surface area contributed by atoms with E-state index in [2.05, 4.69) is 16.5 Å². The van der Waals surface area contributed by atoms with Crippen LogP contribution >= 0.6 is 11.6 Å². The quantitative estimate of drug-likeness (QED) is 0.859. The maximum atomic E-state index is 12.1. The van der Waals surface area contributed by atoms with E-state index in [0.717, 1.165) is 22.0 Å². The highest BCUT2D eigenvalue weighted by atomic mass is 35.5. The summed E-state index contributed by atoms with van der Waals surface area (Å²) in [6, 6.07) is 5.88. The number of hydrogen-bond acceptors (Lipinski definition) is 3. The molecule has 0 unspecified atom stereocenters. The molecule has 1 aromatic heterocycles. The first kappa shape index (κ1) is 14.3. The molecule has 1 aromatic carbocycles. The summed E-state index contributed by atoms with van der Waals surface area (Å²) in [6.07, 6.45) is 4.06. The van der Waals surface area contributed by atoms with Gasteiger partial charge in [-0.1, -0.05) is 11.6 Å². The molecular formula is C17H17ClN4O. The van der Waals surface area contributed by atoms with Crippen molar-refractivity contribution in [2.45, 2.75) is 19.4 Å². The summed E-state index contributed by atoms with van der Waals surface area (Å²) in [6.45, 7) is 4.59. The minimum absolute atomic E-state index is 0.115. The van der Waals surface area contributed by atoms with Gasteiger partial charge in [0.15, 0.2) is 0 Å². The van der Waals surface area contributed by atoms with Crippen molar-refractivity contribution in [1.29, 1.82) is 0 Å². The fourth-order valence-corrected chi connectivity index (χ4v) is 3.54. The fourth-order valence-electron chi connectivity index (χ4n) is 3.24. The Kier molecular flexibility index (Phi) is 2.87. The molecule has 2 aliphatic heterocycles. The lowest BCUT2D eigenvalue weighted by Gasteiger charge is -2.20. The van der Waals surface area contributed by atoms with E-state index in [9.17, 15) is 4.79 Å². The molecule has 0 fully saturated rings. The van der Waals surface area contributed by atoms with Crippen molar-refractivity contribution in [2.75, 3.05) is 13.7 Å². The summed E-state index contributed by atoms with van der Waals surface area (Å²) >= 11 is 6.40. The predicted octanol–water partition coefficient (Wildman–Crippen LogP) is 1.37. The number of carbonyl (C=O) groups excluding carboxylic acids is 1. The number of benzene rings is 1. The molecule has 23 heavy (non-hydrogen) atoms. The monoisotopic (exact) mass is 328 g/mol. The summed E-state index contributed by atoms with van der Waals surface area (Å²) in [4.78, 5) is 18.8. The second-order valence-electron chi connectivity index (χ2n) is 6.58. The van der Waals surface area contributed by atoms with Gasteiger partial charge in [0.1, 0.15) is 12.2 Å². The van der Waals surface area contributed by atoms with Crippen LogP contribution in [0.15, 0.2) is 29.4 Å². The van der Waals surface area contributed by atoms with Crippen LogP contribution in [0.1, 0.15) is 29.8 Å². The third kappa shape index (κ3) is 2.07. The summed E-state index contributed by atoms with van der Waals surface area (Å²) in [5.41, 5.74) is 2.90. The number of amides is 1. The van der Waals surface area contributed by atoms with Crippen LogP contribution in [0.2, 0.25) is 5.02 Å². The normalized spacial score (nSPS) is 17.9. The Labute approximate surface area is 138 Å². The number of hydrogen-bond donors (Lipinski definition) is 1. The van der Waals surface area contributed by atoms with Crippen molar-refractivity contribution in [2.24, 2.45) is 4.99 Å². The standard InChI is InChI=1S/C17H17ClN4O/c1-17(2)12-6-11(7-13(18)14(12)16(23)20-17)22-5-4-10-8-21(3)9-19-15(10)22/h4-8H,9H2,1-3H3,(H,20,23). The molecule has 0 bridgehead atoms. The molecule has 4 rings (SSSR count). The van der Waals surface area contributed by atoms with Crippen molar-refractivity contribution in [3.05, 3.63) is 51.3 Å². The van der Waals surface area contributed by atoms with Crippen LogP contribution in [-0.4, -0.2) is 29.1 Å². The highest BCUT2D eigenvalue weighted by Gasteiger charge is 2.37. The lowest BCUT2D eigenvalue weighted by Crippen LogP contribution is -2.36. The van der Waals surface area contributed by atoms with E-state index in [1.165, 1.54) is 0 Å². The molecule has 2 aliphatic rings. The van der Waals surface area contributed by atoms with Gasteiger partial charge in [-0.3, -0.25) is 4.79 Å². The van der Waals surface area contributed by atoms with Gasteiger partial charge in [0.05, 0.1) is 16.1 Å². The van der Waals surface area contributed by atoms with E-state index in [0.29, 0.717) is 17.3 Å². The third-order valence-corrected chi connectivity index (χ3v) is 4.67. The summed E-state index contributed by atoms with van der Waals surface area (Å²) in [7, 11) is 2.00. The van der Waals surface area contributed by atoms with Gasteiger partial charge in [-0.15, -0.1) is 0 Å². The predicted molar refractivity (Wildman–Crippen MR) is 89.1 cm³/mol. The van der Waals surface area contributed by atoms with Crippen LogP contribution in [0.25, 0.3) is 11.9 Å². The zero-order valence-corrected chi connectivity index (χ0v) is 14.0. The van der Waals surface area contributed by atoms with E-state index in [1.807, 2.05) is 54.8 Å². The number of nitrogens with zero attached hydrogens (tertiary/aromatic N) is 3. The van der Waals surface area contributed by atoms with Crippen LogP contribution in [0.3, 0.4) is 0 Å². The Morgan fingerprint density at radius 1 is 1.35 bits per heavy atom. The van der Waals surface area contributed by atoms with Crippen LogP contribution in [-0.2, 0) is 5.54 Å². The van der Waals surface area contributed by atoms with Crippen LogP contribution in [0.4, 0.5) is 0 Å². The zero-order valence-electron chi connectivity index (χ0n) is 13.2. The summed E-state index contributed by atoms with van der Waals surface area (Å²) in [5, 5.41) is 4.52. The first-order valence-corrected chi connectivity index (χ1v) is 7.85. The first-order chi connectivity index (χ1) is 10.9. The second kappa shape index (κ2) is 4.61. The fraction of sp³-hybridized carbons (Fsp3) is 0.294. The number of aromatic nitrogens is 1. The Hall–Kier alpha value is -2.27. The van der Waals surface area contributed by atoms with Gasteiger partial charge in [-0.05, 0) is 37.6 Å². The molecule has 0 radical (unpaired) electrons. The van der Waals surface area contributed by atoms with E-state index in [1.54, 1.807) is 0 Å². The Bertz CT molecular complexity index is 958. The van der Waals surface area contributed by atoms with Crippen molar-refractivity contribution in [3.63, 3.8) is 0 Å². The molecule has 0 saturated carbocycles. The highest BCUT2D eigenvalue weighted by Crippen LogP contribution is 2.36. The van der Waals surface area contributed by atoms with E-state index < -0.39 is 5.54 Å². The van der Waals surface area contributed by atoms with Gasteiger partial charge < -0.3 is 14.8 Å². The average Bonchev–Trinajstić information content (AvgIpc) is 2.97. The molecule has 1 N–H and O–H groups in total. The number of carbonyl (C=O) groups is 1. The van der Waals surface area contributed by atoms with Crippen LogP contribution in [0.5, 0.6) is 0 Å². The molecule has 2 aromatic rings. The maximum absolute atomic E-state index is 12.1. The van der Waals surface area contributed by atoms with Crippen molar-refractivity contribution < 1.29 is 4.79 Å². The molecule has 6 heteroatoms. The largest absolute Gasteiger partial charge is 0.361 e. The van der Waals surface area contributed by atoms with Crippen LogP contribution in [0, 0.1) is 0 Å². The molecule has 0 atom stereocenters. The molecule has 0 aliphatic carbocycles. The first-order valence-electron chi connectivity index (χ1n) is 7.48. The maximum Gasteiger partial charge on any atom is 0.253 e. The van der Waals surface area contributed by atoms with Crippen molar-refractivity contribution in [3.8, 4) is 5.69 Å². The average molecular weight is 329 g/mol. The molecule has 0 saturated heterocycles. The van der Waals surface area contributed by atoms with E-state index in [-0.39, 0.29) is 5.91 Å². The molecule has 0 spiro atoms. The number of halogens is 1. The van der Waals surface area contributed by atoms with Crippen molar-refractivity contribution >= 4 is 23.7 Å². The SMILES string of the molecule is CN1C=c2ccn(-c3cc(Cl)c4c(c3)C(C)(C)NC4=O)c2=NC1. The van der Waals surface area contributed by atoms with E-state index in [4.69, 9.17) is 11.6 Å². The molecule has 3 heterocycles. The van der Waals surface area contributed by atoms with Gasteiger partial charge in [0.25, 0.3) is 5.91 Å². The van der Waals surface area contributed by atoms with Gasteiger partial charge in [-0.25, -0.2) is 4.99 Å². The topological polar surface area (TPSA) is 49.6 Å². The Balaban J connectivity index is 1.96. The second-order valence-corrected chi connectivity index (χ2v) is 6.99. The lowest BCUT2D eigenvalue weighted by atomic mass is 9.94. The summed E-state index contributed by atoms with van der Waals surface area (Å²) < 4.78 is 2.02. The molecule has 5 nitrogen and oxygen atoms in total. The van der Waals surface area contributed by atoms with Gasteiger partial charge in [-0.2, -0.15) is 0 Å². The Morgan fingerprint density at radius 2 is 2.13 bits per heavy atom. The Morgan fingerprint density at radius 3 is 2.91 bits per heavy atom. The van der Waals surface area contributed by atoms with E-state index >= 15 is 0 Å². The highest BCUT2D eigenvalue weighted by molar-refractivity contribution is 6.34. The molecule has 1 amide bonds. The lowest BCUT2D eigenvalue weighted by molar-refractivity contribution is 0.0940. The zero-order chi connectivity index (χ0) is 16.4.